The van der Waals surface area contributed by atoms with Gasteiger partial charge in [-0.2, -0.15) is 0 Å². The van der Waals surface area contributed by atoms with Crippen LogP contribution in [0.1, 0.15) is 12.8 Å². The number of nitrogens with zero attached hydrogens (tertiary/aromatic N) is 2. The van der Waals surface area contributed by atoms with Crippen molar-refractivity contribution in [1.82, 2.24) is 15.1 Å². The van der Waals surface area contributed by atoms with Crippen LogP contribution in [-0.4, -0.2) is 149 Å². The van der Waals surface area contributed by atoms with Crippen LogP contribution >= 0.6 is 11.8 Å². The maximum Gasteiger partial charge on any atom is 0.317 e. The van der Waals surface area contributed by atoms with E-state index >= 15 is 0 Å². The molecule has 1 fully saturated rings. The number of nitrogens with two attached hydrogens (primary N) is 1. The highest BCUT2D eigenvalue weighted by atomic mass is 32.2. The molecule has 0 bridgehead atoms. The minimum atomic E-state index is -0.989. The number of aliphatic hydroxyl groups is 1. The zero-order chi connectivity index (χ0) is 27.6. The van der Waals surface area contributed by atoms with Crippen molar-refractivity contribution in [2.45, 2.75) is 18.1 Å². The first kappa shape index (κ1) is 36.3. The van der Waals surface area contributed by atoms with Crippen molar-refractivity contribution < 1.29 is 43.6 Å². The number of nitrogens with one attached hydrogen (secondary N) is 1. The molecule has 0 aromatic heterocycles. The van der Waals surface area contributed by atoms with Gasteiger partial charge in [0, 0.05) is 52.8 Å². The number of carboxylic acid groups (broad SMARTS) is 1. The SMILES string of the molecule is CO.CSC(CC(=O)NCCOCCOCCOCCC(=O)N1CCN(C)CC1)C(=O)O.NCC=O. The summed E-state index contributed by atoms with van der Waals surface area (Å²) in [4.78, 5) is 47.6. The highest BCUT2D eigenvalue weighted by Crippen LogP contribution is 2.10. The molecule has 0 radical (unpaired) electrons. The number of piperazine rings is 1. The van der Waals surface area contributed by atoms with Crippen LogP contribution in [-0.2, 0) is 33.4 Å². The van der Waals surface area contributed by atoms with Crippen molar-refractivity contribution in [3.8, 4) is 0 Å². The predicted octanol–water partition coefficient (Wildman–Crippen LogP) is -1.72. The Morgan fingerprint density at radius 2 is 1.50 bits per heavy atom. The van der Waals surface area contributed by atoms with Crippen LogP contribution in [0.4, 0.5) is 0 Å². The quantitative estimate of drug-likeness (QED) is 0.121. The van der Waals surface area contributed by atoms with Gasteiger partial charge in [0.15, 0.2) is 0 Å². The summed E-state index contributed by atoms with van der Waals surface area (Å²) in [5, 5.41) is 17.8. The van der Waals surface area contributed by atoms with Gasteiger partial charge in [0.25, 0.3) is 0 Å². The van der Waals surface area contributed by atoms with E-state index in [4.69, 9.17) is 29.2 Å². The Balaban J connectivity index is 0. The number of amides is 2. The molecule has 13 nitrogen and oxygen atoms in total. The molecule has 0 saturated carbocycles. The van der Waals surface area contributed by atoms with Crippen molar-refractivity contribution in [2.75, 3.05) is 99.3 Å². The van der Waals surface area contributed by atoms with Crippen molar-refractivity contribution in [3.05, 3.63) is 0 Å². The first-order valence-corrected chi connectivity index (χ1v) is 12.9. The molecule has 0 aliphatic carbocycles. The monoisotopic (exact) mass is 540 g/mol. The van der Waals surface area contributed by atoms with E-state index in [1.54, 1.807) is 6.26 Å². The number of aldehydes is 1. The third-order valence-electron chi connectivity index (χ3n) is 4.66. The van der Waals surface area contributed by atoms with Crippen LogP contribution in [0.3, 0.4) is 0 Å². The van der Waals surface area contributed by atoms with Crippen LogP contribution in [0.2, 0.25) is 0 Å². The fraction of sp³-hybridized carbons (Fsp3) is 0.818. The van der Waals surface area contributed by atoms with Gasteiger partial charge in [0.05, 0.1) is 46.1 Å². The zero-order valence-electron chi connectivity index (χ0n) is 21.7. The van der Waals surface area contributed by atoms with Crippen LogP contribution in [0.15, 0.2) is 0 Å². The van der Waals surface area contributed by atoms with Crippen molar-refractivity contribution in [1.29, 1.82) is 0 Å². The number of aliphatic carboxylic acids is 1. The molecule has 1 rings (SSSR count). The topological polar surface area (TPSA) is 181 Å². The Morgan fingerprint density at radius 1 is 1.00 bits per heavy atom. The second kappa shape index (κ2) is 26.3. The number of ether oxygens (including phenoxy) is 3. The Hall–Kier alpha value is -1.81. The molecule has 0 aromatic carbocycles. The molecule has 1 aliphatic heterocycles. The first-order chi connectivity index (χ1) is 17.3. The van der Waals surface area contributed by atoms with Crippen LogP contribution in [0.25, 0.3) is 0 Å². The average molecular weight is 541 g/mol. The molecular weight excluding hydrogens is 496 g/mol. The predicted molar refractivity (Wildman–Crippen MR) is 137 cm³/mol. The number of likely N-dealkylation sites (N-methyl/N-ethyl adjacent to an activating group) is 1. The van der Waals surface area contributed by atoms with Crippen molar-refractivity contribution in [2.24, 2.45) is 5.73 Å². The summed E-state index contributed by atoms with van der Waals surface area (Å²) in [5.41, 5.74) is 4.66. The average Bonchev–Trinajstić information content (AvgIpc) is 2.89. The summed E-state index contributed by atoms with van der Waals surface area (Å²) < 4.78 is 16.2. The fourth-order valence-electron chi connectivity index (χ4n) is 2.69. The van der Waals surface area contributed by atoms with E-state index in [-0.39, 0.29) is 24.8 Å². The molecule has 2 amide bonds. The summed E-state index contributed by atoms with van der Waals surface area (Å²) in [6, 6.07) is 0. The number of carboxylic acids is 1. The van der Waals surface area contributed by atoms with E-state index in [2.05, 4.69) is 23.0 Å². The molecule has 0 aromatic rings. The maximum absolute atomic E-state index is 12.0. The molecular formula is C22H44N4O9S. The van der Waals surface area contributed by atoms with Gasteiger partial charge in [-0.1, -0.05) is 0 Å². The lowest BCUT2D eigenvalue weighted by Gasteiger charge is -2.32. The zero-order valence-corrected chi connectivity index (χ0v) is 22.5. The Bertz CT molecular complexity index is 580. The van der Waals surface area contributed by atoms with Crippen LogP contribution < -0.4 is 11.1 Å². The molecule has 1 heterocycles. The third-order valence-corrected chi connectivity index (χ3v) is 5.59. The summed E-state index contributed by atoms with van der Waals surface area (Å²) in [6.45, 7) is 6.22. The minimum absolute atomic E-state index is 0.0550. The summed E-state index contributed by atoms with van der Waals surface area (Å²) in [7, 11) is 3.06. The second-order valence-electron chi connectivity index (χ2n) is 7.29. The molecule has 36 heavy (non-hydrogen) atoms. The number of carbonyl (C=O) groups excluding carboxylic acids is 3. The lowest BCUT2D eigenvalue weighted by atomic mass is 10.3. The summed E-state index contributed by atoms with van der Waals surface area (Å²) >= 11 is 1.14. The molecule has 1 aliphatic rings. The Kier molecular flexibility index (Phi) is 26.5. The molecule has 1 saturated heterocycles. The van der Waals surface area contributed by atoms with E-state index in [0.29, 0.717) is 58.9 Å². The Morgan fingerprint density at radius 3 is 1.97 bits per heavy atom. The van der Waals surface area contributed by atoms with Gasteiger partial charge in [0.1, 0.15) is 11.5 Å². The van der Waals surface area contributed by atoms with E-state index in [0.717, 1.165) is 45.1 Å². The van der Waals surface area contributed by atoms with Gasteiger partial charge in [-0.05, 0) is 13.3 Å². The lowest BCUT2D eigenvalue weighted by Crippen LogP contribution is -2.47. The summed E-state index contributed by atoms with van der Waals surface area (Å²) in [5.74, 6) is -1.16. The molecule has 212 valence electrons. The van der Waals surface area contributed by atoms with Gasteiger partial charge in [-0.15, -0.1) is 11.8 Å². The van der Waals surface area contributed by atoms with Gasteiger partial charge in [-0.3, -0.25) is 14.4 Å². The van der Waals surface area contributed by atoms with E-state index in [9.17, 15) is 14.4 Å². The summed E-state index contributed by atoms with van der Waals surface area (Å²) in [6.07, 6.45) is 2.65. The first-order valence-electron chi connectivity index (χ1n) is 11.7. The number of thioether (sulfide) groups is 1. The second-order valence-corrected chi connectivity index (χ2v) is 8.33. The smallest absolute Gasteiger partial charge is 0.317 e. The fourth-order valence-corrected chi connectivity index (χ4v) is 3.21. The normalized spacial score (nSPS) is 14.0. The van der Waals surface area contributed by atoms with Gasteiger partial charge >= 0.3 is 5.97 Å². The number of carbonyl (C=O) groups is 4. The van der Waals surface area contributed by atoms with E-state index in [1.165, 1.54) is 0 Å². The lowest BCUT2D eigenvalue weighted by molar-refractivity contribution is -0.138. The van der Waals surface area contributed by atoms with Gasteiger partial charge in [0.2, 0.25) is 11.8 Å². The molecule has 14 heteroatoms. The minimum Gasteiger partial charge on any atom is -0.480 e. The maximum atomic E-state index is 12.0. The van der Waals surface area contributed by atoms with Crippen LogP contribution in [0, 0.1) is 0 Å². The highest BCUT2D eigenvalue weighted by molar-refractivity contribution is 7.99. The van der Waals surface area contributed by atoms with E-state index < -0.39 is 11.2 Å². The van der Waals surface area contributed by atoms with Crippen LogP contribution in [0.5, 0.6) is 0 Å². The standard InChI is InChI=1S/C19H35N3O7S.C2H5NO.CH4O/c1-21-5-7-22(8-6-21)18(24)3-9-27-11-13-29-14-12-28-10-4-20-17(23)15-16(30-2)19(25)26;3-1-2-4;1-2/h16H,3-15H2,1-2H3,(H,20,23)(H,25,26);2H,1,3H2;2H,1H3. The van der Waals surface area contributed by atoms with Gasteiger partial charge in [-0.25, -0.2) is 0 Å². The van der Waals surface area contributed by atoms with Crippen molar-refractivity contribution in [3.63, 3.8) is 0 Å². The Labute approximate surface area is 218 Å². The van der Waals surface area contributed by atoms with E-state index in [1.807, 2.05) is 4.90 Å². The number of aliphatic hydroxyl groups excluding tert-OH is 1. The number of rotatable bonds is 17. The number of hydrogen-bond donors (Lipinski definition) is 4. The highest BCUT2D eigenvalue weighted by Gasteiger charge is 2.19. The number of hydrogen-bond acceptors (Lipinski definition) is 11. The van der Waals surface area contributed by atoms with Crippen molar-refractivity contribution >= 4 is 35.8 Å². The molecule has 5 N–H and O–H groups in total. The molecule has 0 spiro atoms. The molecule has 1 atom stereocenters. The third kappa shape index (κ3) is 21.5. The molecule has 1 unspecified atom stereocenters. The van der Waals surface area contributed by atoms with Gasteiger partial charge < -0.3 is 50.1 Å². The largest absolute Gasteiger partial charge is 0.480 e.